The van der Waals surface area contributed by atoms with E-state index in [9.17, 15) is 14.7 Å². The molecule has 0 heterocycles. The highest BCUT2D eigenvalue weighted by molar-refractivity contribution is 7.98. The Morgan fingerprint density at radius 2 is 1.80 bits per heavy atom. The molecule has 160 valence electrons. The van der Waals surface area contributed by atoms with Crippen molar-refractivity contribution in [3.05, 3.63) is 66.2 Å². The number of hydroxylamine groups is 1. The first-order valence-electron chi connectivity index (χ1n) is 9.44. The number of hydrogen-bond donors (Lipinski definition) is 4. The van der Waals surface area contributed by atoms with Crippen LogP contribution in [0.2, 0.25) is 0 Å². The Hall–Kier alpha value is -2.97. The van der Waals surface area contributed by atoms with Gasteiger partial charge in [-0.3, -0.25) is 15.3 Å². The fourth-order valence-corrected chi connectivity index (χ4v) is 3.26. The van der Waals surface area contributed by atoms with Crippen LogP contribution in [0.15, 0.2) is 65.6 Å². The number of carbonyl (C=O) groups excluding carboxylic acids is 2. The summed E-state index contributed by atoms with van der Waals surface area (Å²) in [5, 5.41) is 20.8. The molecule has 0 radical (unpaired) electrons. The second-order valence-electron chi connectivity index (χ2n) is 6.70. The number of ether oxygens (including phenoxy) is 1. The van der Waals surface area contributed by atoms with Gasteiger partial charge in [-0.05, 0) is 67.0 Å². The summed E-state index contributed by atoms with van der Waals surface area (Å²) in [6.07, 6.45) is 4.94. The third kappa shape index (κ3) is 7.46. The van der Waals surface area contributed by atoms with Crippen LogP contribution in [0.5, 0.6) is 5.75 Å². The zero-order chi connectivity index (χ0) is 21.9. The standard InChI is InChI=1S/C22H26N2O5S/c1-15(5-3-4-6-20(26)24-28)21(16-7-11-18(25)12-8-16)29-22(27)23-17-9-13-19(30-2)14-10-17/h4,6-15,21,25,28H,3,5H2,1-2H3,(H,23,27)(H,24,26)/b6-4+/t15-,21-/m1/s1. The minimum Gasteiger partial charge on any atom is -0.508 e. The van der Waals surface area contributed by atoms with Gasteiger partial charge in [0, 0.05) is 16.7 Å². The number of phenolic OH excluding ortho intramolecular Hbond substituents is 1. The number of rotatable bonds is 9. The molecule has 2 aromatic rings. The minimum atomic E-state index is -0.596. The molecule has 2 atom stereocenters. The summed E-state index contributed by atoms with van der Waals surface area (Å²) in [5.41, 5.74) is 2.92. The molecular formula is C22H26N2O5S. The van der Waals surface area contributed by atoms with Crippen LogP contribution in [0.1, 0.15) is 31.4 Å². The molecule has 0 aromatic heterocycles. The van der Waals surface area contributed by atoms with Crippen molar-refractivity contribution in [2.45, 2.75) is 30.8 Å². The summed E-state index contributed by atoms with van der Waals surface area (Å²) >= 11 is 1.61. The first-order valence-corrected chi connectivity index (χ1v) is 10.7. The summed E-state index contributed by atoms with van der Waals surface area (Å²) in [4.78, 5) is 24.6. The Morgan fingerprint density at radius 3 is 2.40 bits per heavy atom. The number of carbonyl (C=O) groups is 2. The molecule has 0 unspecified atom stereocenters. The van der Waals surface area contributed by atoms with E-state index in [1.165, 1.54) is 11.6 Å². The molecule has 0 saturated carbocycles. The van der Waals surface area contributed by atoms with E-state index in [-0.39, 0.29) is 11.7 Å². The molecule has 0 fully saturated rings. The van der Waals surface area contributed by atoms with Gasteiger partial charge in [0.1, 0.15) is 11.9 Å². The number of nitrogens with one attached hydrogen (secondary N) is 2. The molecule has 0 aliphatic rings. The third-order valence-corrected chi connectivity index (χ3v) is 5.22. The highest BCUT2D eigenvalue weighted by atomic mass is 32.2. The Bertz CT molecular complexity index is 853. The largest absolute Gasteiger partial charge is 0.508 e. The van der Waals surface area contributed by atoms with Gasteiger partial charge in [0.2, 0.25) is 0 Å². The smallest absolute Gasteiger partial charge is 0.412 e. The lowest BCUT2D eigenvalue weighted by Gasteiger charge is -2.24. The number of hydrogen-bond acceptors (Lipinski definition) is 6. The molecule has 2 rings (SSSR count). The van der Waals surface area contributed by atoms with Gasteiger partial charge in [0.25, 0.3) is 5.91 Å². The summed E-state index contributed by atoms with van der Waals surface area (Å²) in [6.45, 7) is 1.94. The van der Waals surface area contributed by atoms with Crippen LogP contribution in [-0.2, 0) is 9.53 Å². The second-order valence-corrected chi connectivity index (χ2v) is 7.58. The number of thioether (sulfide) groups is 1. The Labute approximate surface area is 180 Å². The first-order chi connectivity index (χ1) is 14.4. The van der Waals surface area contributed by atoms with Crippen LogP contribution in [0.4, 0.5) is 10.5 Å². The minimum absolute atomic E-state index is 0.0685. The molecule has 0 aliphatic heterocycles. The maximum Gasteiger partial charge on any atom is 0.412 e. The second kappa shape index (κ2) is 11.9. The average Bonchev–Trinajstić information content (AvgIpc) is 2.76. The summed E-state index contributed by atoms with van der Waals surface area (Å²) in [7, 11) is 0. The van der Waals surface area contributed by atoms with Gasteiger partial charge in [-0.2, -0.15) is 0 Å². The van der Waals surface area contributed by atoms with Crippen molar-refractivity contribution < 1.29 is 24.6 Å². The average molecular weight is 431 g/mol. The molecule has 4 N–H and O–H groups in total. The molecular weight excluding hydrogens is 404 g/mol. The van der Waals surface area contributed by atoms with E-state index in [1.807, 2.05) is 37.4 Å². The lowest BCUT2D eigenvalue weighted by molar-refractivity contribution is -0.124. The zero-order valence-electron chi connectivity index (χ0n) is 16.9. The first kappa shape index (κ1) is 23.3. The Kier molecular flexibility index (Phi) is 9.24. The molecule has 2 aromatic carbocycles. The molecule has 0 spiro atoms. The van der Waals surface area contributed by atoms with Crippen molar-refractivity contribution in [2.75, 3.05) is 11.6 Å². The Morgan fingerprint density at radius 1 is 1.13 bits per heavy atom. The molecule has 2 amide bonds. The number of allylic oxidation sites excluding steroid dienone is 1. The van der Waals surface area contributed by atoms with E-state index in [0.717, 1.165) is 10.5 Å². The van der Waals surface area contributed by atoms with E-state index in [4.69, 9.17) is 9.94 Å². The fraction of sp³-hybridized carbons (Fsp3) is 0.273. The van der Waals surface area contributed by atoms with Gasteiger partial charge in [-0.15, -0.1) is 11.8 Å². The molecule has 30 heavy (non-hydrogen) atoms. The number of amides is 2. The topological polar surface area (TPSA) is 108 Å². The van der Waals surface area contributed by atoms with E-state index in [0.29, 0.717) is 18.5 Å². The van der Waals surface area contributed by atoms with Crippen LogP contribution >= 0.6 is 11.8 Å². The fourth-order valence-electron chi connectivity index (χ4n) is 2.85. The van der Waals surface area contributed by atoms with Crippen LogP contribution < -0.4 is 10.8 Å². The van der Waals surface area contributed by atoms with Crippen molar-refractivity contribution in [3.63, 3.8) is 0 Å². The van der Waals surface area contributed by atoms with Crippen molar-refractivity contribution >= 4 is 29.4 Å². The van der Waals surface area contributed by atoms with Crippen LogP contribution in [0.25, 0.3) is 0 Å². The van der Waals surface area contributed by atoms with Crippen LogP contribution in [0, 0.1) is 5.92 Å². The molecule has 7 nitrogen and oxygen atoms in total. The number of anilines is 1. The highest BCUT2D eigenvalue weighted by Gasteiger charge is 2.23. The Balaban J connectivity index is 2.06. The van der Waals surface area contributed by atoms with E-state index >= 15 is 0 Å². The molecule has 0 bridgehead atoms. The van der Waals surface area contributed by atoms with E-state index in [2.05, 4.69) is 5.32 Å². The van der Waals surface area contributed by atoms with Crippen LogP contribution in [-0.4, -0.2) is 28.6 Å². The lowest BCUT2D eigenvalue weighted by Crippen LogP contribution is -2.22. The number of phenols is 1. The summed E-state index contributed by atoms with van der Waals surface area (Å²) in [5.74, 6) is -0.539. The van der Waals surface area contributed by atoms with Crippen molar-refractivity contribution in [1.82, 2.24) is 5.48 Å². The van der Waals surface area contributed by atoms with Gasteiger partial charge in [0.15, 0.2) is 0 Å². The highest BCUT2D eigenvalue weighted by Crippen LogP contribution is 2.31. The maximum atomic E-state index is 12.5. The SMILES string of the molecule is CSc1ccc(NC(=O)O[C@@H](c2ccc(O)cc2)[C@H](C)CC/C=C/C(=O)NO)cc1. The van der Waals surface area contributed by atoms with E-state index in [1.54, 1.807) is 42.1 Å². The zero-order valence-corrected chi connectivity index (χ0v) is 17.7. The van der Waals surface area contributed by atoms with Gasteiger partial charge in [-0.25, -0.2) is 10.3 Å². The van der Waals surface area contributed by atoms with Crippen molar-refractivity contribution in [3.8, 4) is 5.75 Å². The monoisotopic (exact) mass is 430 g/mol. The molecule has 0 saturated heterocycles. The van der Waals surface area contributed by atoms with Gasteiger partial charge in [-0.1, -0.05) is 25.1 Å². The third-order valence-electron chi connectivity index (χ3n) is 4.48. The van der Waals surface area contributed by atoms with Gasteiger partial charge < -0.3 is 9.84 Å². The van der Waals surface area contributed by atoms with Gasteiger partial charge in [0.05, 0.1) is 0 Å². The summed E-state index contributed by atoms with van der Waals surface area (Å²) < 4.78 is 5.72. The maximum absolute atomic E-state index is 12.5. The lowest BCUT2D eigenvalue weighted by atomic mass is 9.93. The quantitative estimate of drug-likeness (QED) is 0.195. The van der Waals surface area contributed by atoms with Crippen molar-refractivity contribution in [2.24, 2.45) is 5.92 Å². The number of benzene rings is 2. The van der Waals surface area contributed by atoms with Gasteiger partial charge >= 0.3 is 6.09 Å². The van der Waals surface area contributed by atoms with Crippen molar-refractivity contribution in [1.29, 1.82) is 0 Å². The predicted molar refractivity (Wildman–Crippen MR) is 117 cm³/mol. The number of aromatic hydroxyl groups is 1. The van der Waals surface area contributed by atoms with Crippen LogP contribution in [0.3, 0.4) is 0 Å². The normalized spacial score (nSPS) is 12.9. The molecule has 8 heteroatoms. The predicted octanol–water partition coefficient (Wildman–Crippen LogP) is 4.88. The van der Waals surface area contributed by atoms with E-state index < -0.39 is 18.1 Å². The molecule has 0 aliphatic carbocycles. The summed E-state index contributed by atoms with van der Waals surface area (Å²) in [6, 6.07) is 14.0.